The van der Waals surface area contributed by atoms with E-state index in [0.29, 0.717) is 13.1 Å². The summed E-state index contributed by atoms with van der Waals surface area (Å²) in [6.07, 6.45) is 7.30. The van der Waals surface area contributed by atoms with Crippen molar-refractivity contribution in [2.45, 2.75) is 57.8 Å². The Labute approximate surface area is 199 Å². The molecule has 0 aromatic heterocycles. The van der Waals surface area contributed by atoms with Crippen molar-refractivity contribution in [1.29, 1.82) is 0 Å². The summed E-state index contributed by atoms with van der Waals surface area (Å²) in [5.41, 5.74) is 13.8. The van der Waals surface area contributed by atoms with Crippen molar-refractivity contribution in [3.05, 3.63) is 23.8 Å². The fourth-order valence-electron chi connectivity index (χ4n) is 1.43. The van der Waals surface area contributed by atoms with E-state index in [1.54, 1.807) is 0 Å². The standard InChI is InChI=1S/C9H20N2.2C3H4O4.2H2N.2Pt/c10-8-6-4-2-1-3-5-7-9-11;2*4-2(5)1-3(6)7;;;;/h10-11H,1-9H2;2*1H2,(H,4,5)(H,6,7);2*1H2;;/q-2;;;2*-1;2*+4/p+4. The van der Waals surface area contributed by atoms with Crippen LogP contribution < -0.4 is 0 Å². The molecule has 14 heteroatoms. The number of carbonyl (C=O) groups is 4. The second-order valence-corrected chi connectivity index (χ2v) is 5.02. The van der Waals surface area contributed by atoms with E-state index >= 15 is 0 Å². The molecule has 0 saturated carbocycles. The van der Waals surface area contributed by atoms with E-state index in [2.05, 4.69) is 0 Å². The predicted octanol–water partition coefficient (Wildman–Crippen LogP) is 1.01. The molecule has 0 aliphatic rings. The van der Waals surface area contributed by atoms with E-state index in [0.717, 1.165) is 12.8 Å². The summed E-state index contributed by atoms with van der Waals surface area (Å²) in [5, 5.41) is 24.5. The summed E-state index contributed by atoms with van der Waals surface area (Å²) in [7, 11) is 0. The van der Waals surface area contributed by atoms with Gasteiger partial charge in [-0.05, 0) is 0 Å². The summed E-state index contributed by atoms with van der Waals surface area (Å²) in [5.74, 6) is -4.00. The van der Waals surface area contributed by atoms with Crippen LogP contribution >= 0.6 is 0 Å². The Hall–Kier alpha value is -0.903. The molecular weight excluding hydrogens is 754 g/mol. The van der Waals surface area contributed by atoms with Crippen LogP contribution in [0.15, 0.2) is 0 Å². The Morgan fingerprint density at radius 3 is 0.759 bits per heavy atom. The summed E-state index contributed by atoms with van der Waals surface area (Å²) in [6, 6.07) is 0. The van der Waals surface area contributed by atoms with Gasteiger partial charge < -0.3 is 44.2 Å². The van der Waals surface area contributed by atoms with Gasteiger partial charge in [-0.1, -0.05) is 44.9 Å². The number of nitrogens with one attached hydrogen (secondary N) is 2. The topological polar surface area (TPSA) is 274 Å². The Morgan fingerprint density at radius 2 is 0.655 bits per heavy atom. The van der Waals surface area contributed by atoms with Crippen LogP contribution in [0.3, 0.4) is 0 Å². The van der Waals surface area contributed by atoms with Crippen LogP contribution in [0.1, 0.15) is 57.8 Å². The van der Waals surface area contributed by atoms with Crippen molar-refractivity contribution in [3.63, 3.8) is 0 Å². The van der Waals surface area contributed by atoms with Gasteiger partial charge in [0.1, 0.15) is 0 Å². The van der Waals surface area contributed by atoms with E-state index in [1.807, 2.05) is 0 Å². The van der Waals surface area contributed by atoms with Crippen LogP contribution in [0.4, 0.5) is 0 Å². The molecule has 12 nitrogen and oxygen atoms in total. The quantitative estimate of drug-likeness (QED) is 0.159. The molecule has 0 fully saturated rings. The summed E-state index contributed by atoms with van der Waals surface area (Å²) >= 11 is 0. The minimum atomic E-state index is -1.00. The van der Waals surface area contributed by atoms with Gasteiger partial charge in [0, 0.05) is 19.2 Å². The molecule has 0 atom stereocenters. The Kier molecular flexibility index (Phi) is 60.4. The SMILES string of the molecule is O=C([OH2+])CC(=O)[OH2+].O=C([OH2+])CC(=O)[OH2+].[NH-]CCCCCCCCC[NH-].[NH2-].[NH2-].[Pt+4].[Pt+4]. The molecule has 0 bridgehead atoms. The number of rotatable bonds is 12. The van der Waals surface area contributed by atoms with E-state index in [-0.39, 0.29) is 54.4 Å². The zero-order chi connectivity index (χ0) is 20.1. The van der Waals surface area contributed by atoms with Crippen molar-refractivity contribution in [1.82, 2.24) is 0 Å². The van der Waals surface area contributed by atoms with E-state index in [4.69, 9.17) is 31.9 Å². The first-order chi connectivity index (χ1) is 11.7. The molecule has 176 valence electrons. The molecule has 29 heavy (non-hydrogen) atoms. The first-order valence-electron chi connectivity index (χ1n) is 7.94. The third-order valence-corrected chi connectivity index (χ3v) is 2.50. The molecule has 0 spiro atoms. The molecule has 0 heterocycles. The molecule has 0 radical (unpaired) electrons. The largest absolute Gasteiger partial charge is 4.00 e. The van der Waals surface area contributed by atoms with E-state index < -0.39 is 36.7 Å². The van der Waals surface area contributed by atoms with Gasteiger partial charge in [-0.2, -0.15) is 13.1 Å². The maximum Gasteiger partial charge on any atom is 4.00 e. The maximum atomic E-state index is 9.58. The summed E-state index contributed by atoms with van der Waals surface area (Å²) < 4.78 is 0. The molecule has 0 aliphatic carbocycles. The number of hydrogen-bond donors (Lipinski definition) is 0. The molecule has 0 rings (SSSR count). The predicted molar refractivity (Wildman–Crippen MR) is 105 cm³/mol. The van der Waals surface area contributed by atoms with Gasteiger partial charge in [-0.25, -0.2) is 0 Å². The molecular formula is C15H36N4O8Pt2+8. The first kappa shape index (κ1) is 46.4. The third kappa shape index (κ3) is 74.9. The van der Waals surface area contributed by atoms with E-state index in [1.165, 1.54) is 32.1 Å². The van der Waals surface area contributed by atoms with E-state index in [9.17, 15) is 19.2 Å². The van der Waals surface area contributed by atoms with Crippen LogP contribution in [0.25, 0.3) is 23.8 Å². The fraction of sp³-hybridized carbons (Fsp3) is 0.733. The van der Waals surface area contributed by atoms with Crippen LogP contribution in [-0.4, -0.2) is 57.4 Å². The minimum absolute atomic E-state index is 0. The second-order valence-electron chi connectivity index (χ2n) is 5.02. The smallest absolute Gasteiger partial charge is 0.693 e. The van der Waals surface area contributed by atoms with Gasteiger partial charge in [0.15, 0.2) is 0 Å². The number of hydrogen-bond acceptors (Lipinski definition) is 4. The molecule has 0 unspecified atom stereocenters. The first-order valence-corrected chi connectivity index (χ1v) is 7.94. The third-order valence-electron chi connectivity index (χ3n) is 2.50. The van der Waals surface area contributed by atoms with Gasteiger partial charge in [-0.15, -0.1) is 0 Å². The van der Waals surface area contributed by atoms with Crippen LogP contribution in [-0.2, 0) is 61.3 Å². The van der Waals surface area contributed by atoms with Crippen molar-refractivity contribution >= 4 is 23.9 Å². The van der Waals surface area contributed by atoms with Gasteiger partial charge in [0.2, 0.25) is 0 Å². The van der Waals surface area contributed by atoms with Gasteiger partial charge in [0.25, 0.3) is 12.8 Å². The monoisotopic (exact) mass is 790 g/mol. The molecule has 0 amide bonds. The van der Waals surface area contributed by atoms with Crippen LogP contribution in [0, 0.1) is 0 Å². The minimum Gasteiger partial charge on any atom is -0.693 e. The molecule has 0 saturated heterocycles. The molecule has 14 N–H and O–H groups in total. The van der Waals surface area contributed by atoms with Gasteiger partial charge >= 0.3 is 66.0 Å². The second kappa shape index (κ2) is 37.8. The van der Waals surface area contributed by atoms with Crippen molar-refractivity contribution in [3.8, 4) is 0 Å². The number of nitrogens with two attached hydrogens (primary N) is 2. The van der Waals surface area contributed by atoms with Crippen LogP contribution in [0.2, 0.25) is 0 Å². The summed E-state index contributed by atoms with van der Waals surface area (Å²) in [6.45, 7) is 1.18. The Balaban J connectivity index is -0.0000000484. The van der Waals surface area contributed by atoms with Crippen molar-refractivity contribution in [2.75, 3.05) is 13.1 Å². The average molecular weight is 791 g/mol. The average Bonchev–Trinajstić information content (AvgIpc) is 2.45. The van der Waals surface area contributed by atoms with Crippen molar-refractivity contribution < 1.29 is 81.7 Å². The Morgan fingerprint density at radius 1 is 0.483 bits per heavy atom. The fourth-order valence-corrected chi connectivity index (χ4v) is 1.43. The van der Waals surface area contributed by atoms with Crippen LogP contribution in [0.5, 0.6) is 0 Å². The summed E-state index contributed by atoms with van der Waals surface area (Å²) in [4.78, 5) is 38.3. The van der Waals surface area contributed by atoms with Gasteiger partial charge in [-0.3, -0.25) is 0 Å². The Bertz CT molecular complexity index is 333. The zero-order valence-electron chi connectivity index (χ0n) is 16.2. The van der Waals surface area contributed by atoms with Gasteiger partial charge in [0.05, 0.1) is 0 Å². The zero-order valence-corrected chi connectivity index (χ0v) is 20.7. The normalized spacial score (nSPS) is 7.79. The van der Waals surface area contributed by atoms with Crippen molar-refractivity contribution in [2.24, 2.45) is 0 Å². The molecule has 0 aromatic carbocycles. The number of unbranched alkanes of at least 4 members (excludes halogenated alkanes) is 6. The molecule has 0 aliphatic heterocycles. The molecule has 0 aromatic rings. The number of carbonyl (C=O) groups excluding carboxylic acids is 4. The maximum absolute atomic E-state index is 9.58.